The number of rotatable bonds is 2. The molecule has 0 saturated carbocycles. The lowest BCUT2D eigenvalue weighted by Gasteiger charge is -2.35. The summed E-state index contributed by atoms with van der Waals surface area (Å²) in [7, 11) is 0. The minimum atomic E-state index is 0.0262. The number of amides is 2. The predicted octanol–water partition coefficient (Wildman–Crippen LogP) is 2.23. The van der Waals surface area contributed by atoms with Gasteiger partial charge in [-0.3, -0.25) is 9.59 Å². The molecule has 2 amide bonds. The first-order valence-electron chi connectivity index (χ1n) is 8.43. The molecular weight excluding hydrogens is 326 g/mol. The van der Waals surface area contributed by atoms with Crippen LogP contribution in [0.4, 0.5) is 0 Å². The Labute approximate surface area is 145 Å². The highest BCUT2D eigenvalue weighted by Gasteiger charge is 2.31. The van der Waals surface area contributed by atoms with E-state index in [9.17, 15) is 9.59 Å². The fourth-order valence-corrected chi connectivity index (χ4v) is 4.08. The van der Waals surface area contributed by atoms with Crippen LogP contribution in [0.15, 0.2) is 18.2 Å². The van der Waals surface area contributed by atoms with Crippen molar-refractivity contribution in [3.8, 4) is 0 Å². The van der Waals surface area contributed by atoms with Gasteiger partial charge in [0.1, 0.15) is 0 Å². The highest BCUT2D eigenvalue weighted by atomic mass is 35.5. The van der Waals surface area contributed by atoms with Crippen molar-refractivity contribution in [2.75, 3.05) is 26.2 Å². The molecule has 1 N–H and O–H groups in total. The van der Waals surface area contributed by atoms with E-state index in [0.717, 1.165) is 41.6 Å². The van der Waals surface area contributed by atoms with Crippen LogP contribution in [0.25, 0.3) is 10.9 Å². The van der Waals surface area contributed by atoms with Crippen molar-refractivity contribution in [3.63, 3.8) is 0 Å². The highest BCUT2D eigenvalue weighted by molar-refractivity contribution is 6.31. The third kappa shape index (κ3) is 2.67. The van der Waals surface area contributed by atoms with Gasteiger partial charge in [0.15, 0.2) is 0 Å². The lowest BCUT2D eigenvalue weighted by Crippen LogP contribution is -2.50. The summed E-state index contributed by atoms with van der Waals surface area (Å²) in [6, 6.07) is 5.88. The van der Waals surface area contributed by atoms with E-state index in [1.54, 1.807) is 4.90 Å². The molecule has 1 aromatic heterocycles. The second-order valence-corrected chi connectivity index (χ2v) is 7.11. The molecule has 6 heteroatoms. The largest absolute Gasteiger partial charge is 0.358 e. The third-order valence-electron chi connectivity index (χ3n) is 5.27. The van der Waals surface area contributed by atoms with Gasteiger partial charge in [-0.05, 0) is 43.0 Å². The van der Waals surface area contributed by atoms with E-state index in [1.807, 2.05) is 23.1 Å². The van der Waals surface area contributed by atoms with Crippen LogP contribution in [-0.4, -0.2) is 53.3 Å². The van der Waals surface area contributed by atoms with E-state index in [0.29, 0.717) is 26.2 Å². The Kier molecular flexibility index (Phi) is 3.96. The number of hydrogen-bond acceptors (Lipinski definition) is 2. The summed E-state index contributed by atoms with van der Waals surface area (Å²) >= 11 is 6.14. The number of carbonyl (C=O) groups excluding carboxylic acids is 2. The van der Waals surface area contributed by atoms with Crippen molar-refractivity contribution in [3.05, 3.63) is 34.5 Å². The van der Waals surface area contributed by atoms with Gasteiger partial charge in [0.05, 0.1) is 0 Å². The Hall–Kier alpha value is -2.01. The molecule has 1 fully saturated rings. The van der Waals surface area contributed by atoms with Gasteiger partial charge in [-0.15, -0.1) is 0 Å². The number of carbonyl (C=O) groups is 2. The van der Waals surface area contributed by atoms with Gasteiger partial charge in [-0.2, -0.15) is 0 Å². The molecule has 0 radical (unpaired) electrons. The Morgan fingerprint density at radius 3 is 2.79 bits per heavy atom. The number of nitrogens with one attached hydrogen (secondary N) is 1. The maximum atomic E-state index is 12.9. The molecule has 1 aromatic carbocycles. The van der Waals surface area contributed by atoms with Crippen LogP contribution >= 0.6 is 11.6 Å². The zero-order valence-corrected chi connectivity index (χ0v) is 14.2. The molecule has 1 aliphatic carbocycles. The number of nitrogens with zero attached hydrogens (tertiary/aromatic N) is 2. The summed E-state index contributed by atoms with van der Waals surface area (Å²) in [4.78, 5) is 30.8. The summed E-state index contributed by atoms with van der Waals surface area (Å²) in [5, 5.41) is 1.86. The van der Waals surface area contributed by atoms with Crippen LogP contribution in [-0.2, 0) is 22.4 Å². The summed E-state index contributed by atoms with van der Waals surface area (Å²) < 4.78 is 0. The van der Waals surface area contributed by atoms with Gasteiger partial charge in [-0.25, -0.2) is 0 Å². The minimum absolute atomic E-state index is 0.0262. The fraction of sp³-hybridized carbons (Fsp3) is 0.444. The zero-order chi connectivity index (χ0) is 16.7. The number of fused-ring (bicyclic) bond motifs is 3. The van der Waals surface area contributed by atoms with Crippen molar-refractivity contribution >= 4 is 34.8 Å². The molecule has 1 aliphatic heterocycles. The first-order chi connectivity index (χ1) is 11.7. The monoisotopic (exact) mass is 345 g/mol. The molecule has 0 spiro atoms. The molecule has 2 aromatic rings. The van der Waals surface area contributed by atoms with Crippen molar-refractivity contribution in [2.24, 2.45) is 5.92 Å². The Balaban J connectivity index is 1.53. The normalized spacial score (nSPS) is 21.0. The van der Waals surface area contributed by atoms with Crippen LogP contribution < -0.4 is 0 Å². The molecule has 2 aliphatic rings. The van der Waals surface area contributed by atoms with Gasteiger partial charge in [0.2, 0.25) is 12.3 Å². The standard InChI is InChI=1S/C18H20ClN3O2/c19-13-2-4-17-15(10-13)14-9-12(1-3-16(14)20-17)18(24)22-7-5-21(11-23)6-8-22/h2,4,10-12,20H,1,3,5-9H2. The molecule has 0 bridgehead atoms. The fourth-order valence-electron chi connectivity index (χ4n) is 3.91. The Bertz CT molecular complexity index is 793. The lowest BCUT2D eigenvalue weighted by molar-refractivity contribution is -0.139. The molecule has 24 heavy (non-hydrogen) atoms. The van der Waals surface area contributed by atoms with Crippen molar-refractivity contribution in [1.29, 1.82) is 0 Å². The average Bonchev–Trinajstić information content (AvgIpc) is 2.98. The second kappa shape index (κ2) is 6.13. The van der Waals surface area contributed by atoms with Crippen molar-refractivity contribution in [2.45, 2.75) is 19.3 Å². The maximum absolute atomic E-state index is 12.9. The van der Waals surface area contributed by atoms with Gasteiger partial charge in [0, 0.05) is 53.7 Å². The van der Waals surface area contributed by atoms with Crippen LogP contribution in [0.3, 0.4) is 0 Å². The van der Waals surface area contributed by atoms with Gasteiger partial charge < -0.3 is 14.8 Å². The number of halogens is 1. The number of aromatic amines is 1. The summed E-state index contributed by atoms with van der Waals surface area (Å²) in [6.45, 7) is 2.55. The Morgan fingerprint density at radius 2 is 2.04 bits per heavy atom. The summed E-state index contributed by atoms with van der Waals surface area (Å²) in [6.07, 6.45) is 3.40. The molecule has 1 unspecified atom stereocenters. The maximum Gasteiger partial charge on any atom is 0.226 e. The number of piperazine rings is 1. The van der Waals surface area contributed by atoms with E-state index in [4.69, 9.17) is 11.6 Å². The van der Waals surface area contributed by atoms with Crippen molar-refractivity contribution in [1.82, 2.24) is 14.8 Å². The first kappa shape index (κ1) is 15.5. The minimum Gasteiger partial charge on any atom is -0.358 e. The SMILES string of the molecule is O=CN1CCN(C(=O)C2CCc3[nH]c4ccc(Cl)cc4c3C2)CC1. The summed E-state index contributed by atoms with van der Waals surface area (Å²) in [5.74, 6) is 0.251. The van der Waals surface area contributed by atoms with E-state index >= 15 is 0 Å². The highest BCUT2D eigenvalue weighted by Crippen LogP contribution is 2.33. The van der Waals surface area contributed by atoms with Crippen LogP contribution in [0.5, 0.6) is 0 Å². The number of aryl methyl sites for hydroxylation is 1. The summed E-state index contributed by atoms with van der Waals surface area (Å²) in [5.41, 5.74) is 3.57. The van der Waals surface area contributed by atoms with Crippen LogP contribution in [0.1, 0.15) is 17.7 Å². The number of hydrogen-bond donors (Lipinski definition) is 1. The first-order valence-corrected chi connectivity index (χ1v) is 8.80. The molecule has 126 valence electrons. The van der Waals surface area contributed by atoms with E-state index in [1.165, 1.54) is 11.3 Å². The lowest BCUT2D eigenvalue weighted by atomic mass is 9.85. The average molecular weight is 346 g/mol. The van der Waals surface area contributed by atoms with Gasteiger partial charge >= 0.3 is 0 Å². The van der Waals surface area contributed by atoms with E-state index < -0.39 is 0 Å². The van der Waals surface area contributed by atoms with Crippen molar-refractivity contribution < 1.29 is 9.59 Å². The predicted molar refractivity (Wildman–Crippen MR) is 93.0 cm³/mol. The van der Waals surface area contributed by atoms with Crippen LogP contribution in [0.2, 0.25) is 5.02 Å². The molecular formula is C18H20ClN3O2. The third-order valence-corrected chi connectivity index (χ3v) is 5.51. The molecule has 1 atom stereocenters. The topological polar surface area (TPSA) is 56.4 Å². The zero-order valence-electron chi connectivity index (χ0n) is 13.4. The quantitative estimate of drug-likeness (QED) is 0.848. The molecule has 2 heterocycles. The van der Waals surface area contributed by atoms with E-state index in [2.05, 4.69) is 4.98 Å². The molecule has 5 nitrogen and oxygen atoms in total. The smallest absolute Gasteiger partial charge is 0.226 e. The van der Waals surface area contributed by atoms with Crippen LogP contribution in [0, 0.1) is 5.92 Å². The number of aromatic nitrogens is 1. The Morgan fingerprint density at radius 1 is 1.25 bits per heavy atom. The molecule has 4 rings (SSSR count). The molecule has 1 saturated heterocycles. The second-order valence-electron chi connectivity index (χ2n) is 6.68. The van der Waals surface area contributed by atoms with Gasteiger partial charge in [0.25, 0.3) is 0 Å². The van der Waals surface area contributed by atoms with Gasteiger partial charge in [-0.1, -0.05) is 11.6 Å². The number of benzene rings is 1. The van der Waals surface area contributed by atoms with E-state index in [-0.39, 0.29) is 11.8 Å². The number of H-pyrrole nitrogens is 1.